The third-order valence-corrected chi connectivity index (χ3v) is 2.72. The Kier molecular flexibility index (Phi) is 5.78. The van der Waals surface area contributed by atoms with Crippen molar-refractivity contribution in [2.24, 2.45) is 0 Å². The van der Waals surface area contributed by atoms with Crippen molar-refractivity contribution in [3.05, 3.63) is 62.5 Å². The number of aryl methyl sites for hydroxylation is 1. The van der Waals surface area contributed by atoms with Crippen molar-refractivity contribution in [1.29, 1.82) is 0 Å². The van der Waals surface area contributed by atoms with Crippen molar-refractivity contribution < 1.29 is 24.4 Å². The number of nitrogens with zero attached hydrogens (tertiary/aromatic N) is 3. The number of rotatable bonds is 3. The molecule has 10 heteroatoms. The predicted octanol–water partition coefficient (Wildman–Crippen LogP) is 0.582. The third-order valence-electron chi connectivity index (χ3n) is 2.72. The first-order valence-corrected chi connectivity index (χ1v) is 6.17. The molecule has 0 fully saturated rings. The van der Waals surface area contributed by atoms with Gasteiger partial charge in [0.15, 0.2) is 11.9 Å². The molecule has 2 rings (SSSR count). The van der Waals surface area contributed by atoms with Gasteiger partial charge in [0.1, 0.15) is 0 Å². The van der Waals surface area contributed by atoms with E-state index in [0.29, 0.717) is 6.07 Å². The second kappa shape index (κ2) is 7.54. The average molecular weight is 322 g/mol. The number of benzene rings is 1. The van der Waals surface area contributed by atoms with Crippen molar-refractivity contribution in [2.45, 2.75) is 6.92 Å². The molecule has 0 amide bonds. The van der Waals surface area contributed by atoms with E-state index in [2.05, 4.69) is 0 Å². The number of nitrogen functional groups attached to an aromatic ring is 1. The van der Waals surface area contributed by atoms with Crippen LogP contribution in [0.25, 0.3) is 0 Å². The summed E-state index contributed by atoms with van der Waals surface area (Å²) in [7, 11) is 1.63. The zero-order chi connectivity index (χ0) is 17.6. The molecule has 0 atom stereocenters. The molecule has 10 nitrogen and oxygen atoms in total. The summed E-state index contributed by atoms with van der Waals surface area (Å²) >= 11 is 0. The van der Waals surface area contributed by atoms with Gasteiger partial charge in [0.25, 0.3) is 11.4 Å². The van der Waals surface area contributed by atoms with E-state index in [1.807, 2.05) is 13.0 Å². The molecule has 1 aromatic heterocycles. The highest BCUT2D eigenvalue weighted by molar-refractivity contribution is 5.51. The van der Waals surface area contributed by atoms with Gasteiger partial charge in [0.05, 0.1) is 23.0 Å². The summed E-state index contributed by atoms with van der Waals surface area (Å²) in [5.74, 6) is 5.41. The summed E-state index contributed by atoms with van der Waals surface area (Å²) in [5.41, 5.74) is -0.162. The Bertz CT molecular complexity index is 734. The molecule has 0 unspecified atom stereocenters. The summed E-state index contributed by atoms with van der Waals surface area (Å²) in [4.78, 5) is 18.6. The standard InChI is InChI=1S/C7H11N2O.C6H4N2O5/c1-6-3-4-9(8)5-7(6)10-2;9-6-2-1-4(7(10)11)3-5(6)8(12)13/h3-5H,8H2,1-2H3;1-3,9H/q+1;/p-1. The molecule has 0 radical (unpaired) electrons. The van der Waals surface area contributed by atoms with Crippen molar-refractivity contribution >= 4 is 11.4 Å². The zero-order valence-corrected chi connectivity index (χ0v) is 12.3. The Morgan fingerprint density at radius 2 is 1.83 bits per heavy atom. The zero-order valence-electron chi connectivity index (χ0n) is 12.3. The van der Waals surface area contributed by atoms with Crippen LogP contribution >= 0.6 is 0 Å². The van der Waals surface area contributed by atoms with Crippen LogP contribution in [0.1, 0.15) is 5.56 Å². The topological polar surface area (TPSA) is 148 Å². The average Bonchev–Trinajstić information content (AvgIpc) is 2.50. The summed E-state index contributed by atoms with van der Waals surface area (Å²) < 4.78 is 6.49. The van der Waals surface area contributed by atoms with Gasteiger partial charge in [-0.3, -0.25) is 20.2 Å². The van der Waals surface area contributed by atoms with Crippen LogP contribution in [-0.4, -0.2) is 17.0 Å². The summed E-state index contributed by atoms with van der Waals surface area (Å²) in [6.45, 7) is 1.97. The van der Waals surface area contributed by atoms with Crippen molar-refractivity contribution in [3.8, 4) is 11.5 Å². The van der Waals surface area contributed by atoms with E-state index in [-0.39, 0.29) is 0 Å². The fraction of sp³-hybridized carbons (Fsp3) is 0.154. The quantitative estimate of drug-likeness (QED) is 0.376. The van der Waals surface area contributed by atoms with Crippen LogP contribution < -0.4 is 20.4 Å². The van der Waals surface area contributed by atoms with E-state index in [1.165, 1.54) is 4.68 Å². The number of aromatic nitrogens is 1. The first kappa shape index (κ1) is 17.6. The molecule has 0 aliphatic heterocycles. The van der Waals surface area contributed by atoms with Gasteiger partial charge in [-0.05, 0) is 12.7 Å². The Morgan fingerprint density at radius 3 is 2.30 bits per heavy atom. The lowest BCUT2D eigenvalue weighted by molar-refractivity contribution is -0.639. The number of nitro benzene ring substituents is 2. The fourth-order valence-electron chi connectivity index (χ4n) is 1.54. The molecule has 1 heterocycles. The van der Waals surface area contributed by atoms with Crippen LogP contribution in [0.5, 0.6) is 11.5 Å². The van der Waals surface area contributed by atoms with E-state index in [4.69, 9.17) is 10.6 Å². The lowest BCUT2D eigenvalue weighted by Crippen LogP contribution is -2.43. The van der Waals surface area contributed by atoms with E-state index in [0.717, 1.165) is 23.4 Å². The predicted molar refractivity (Wildman–Crippen MR) is 77.3 cm³/mol. The second-order valence-corrected chi connectivity index (χ2v) is 4.31. The SMILES string of the molecule is COc1c[n+](N)ccc1C.O=[N+]([O-])c1ccc([O-])c([N+](=O)[O-])c1. The normalized spacial score (nSPS) is 9.48. The molecular weight excluding hydrogens is 308 g/mol. The maximum absolute atomic E-state index is 10.8. The van der Waals surface area contributed by atoms with E-state index >= 15 is 0 Å². The van der Waals surface area contributed by atoms with Crippen LogP contribution in [0.2, 0.25) is 0 Å². The van der Waals surface area contributed by atoms with Gasteiger partial charge in [0, 0.05) is 17.7 Å². The summed E-state index contributed by atoms with van der Waals surface area (Å²) in [5, 5.41) is 31.1. The Morgan fingerprint density at radius 1 is 1.17 bits per heavy atom. The molecule has 23 heavy (non-hydrogen) atoms. The van der Waals surface area contributed by atoms with E-state index < -0.39 is 27.0 Å². The van der Waals surface area contributed by atoms with Crippen molar-refractivity contribution in [3.63, 3.8) is 0 Å². The molecule has 0 saturated heterocycles. The van der Waals surface area contributed by atoms with Gasteiger partial charge in [-0.25, -0.2) is 5.84 Å². The van der Waals surface area contributed by atoms with Gasteiger partial charge in [-0.15, -0.1) is 0 Å². The van der Waals surface area contributed by atoms with Crippen LogP contribution in [-0.2, 0) is 0 Å². The van der Waals surface area contributed by atoms with Crippen LogP contribution in [0, 0.1) is 27.2 Å². The largest absolute Gasteiger partial charge is 0.868 e. The maximum atomic E-state index is 10.8. The summed E-state index contributed by atoms with van der Waals surface area (Å²) in [6, 6.07) is 4.27. The van der Waals surface area contributed by atoms with Gasteiger partial charge >= 0.3 is 0 Å². The lowest BCUT2D eigenvalue weighted by Gasteiger charge is -2.03. The third kappa shape index (κ3) is 4.81. The number of hydrogen-bond acceptors (Lipinski definition) is 7. The molecule has 0 saturated carbocycles. The molecule has 2 N–H and O–H groups in total. The number of hydrogen-bond donors (Lipinski definition) is 1. The summed E-state index contributed by atoms with van der Waals surface area (Å²) in [6.07, 6.45) is 3.51. The maximum Gasteiger partial charge on any atom is 0.276 e. The van der Waals surface area contributed by atoms with Crippen LogP contribution in [0.3, 0.4) is 0 Å². The first-order valence-electron chi connectivity index (χ1n) is 6.17. The van der Waals surface area contributed by atoms with Crippen molar-refractivity contribution in [1.82, 2.24) is 0 Å². The minimum absolute atomic E-state index is 0.466. The number of nitrogens with two attached hydrogens (primary N) is 1. The Balaban J connectivity index is 0.000000238. The number of methoxy groups -OCH3 is 1. The Hall–Kier alpha value is -3.43. The molecule has 0 aliphatic carbocycles. The monoisotopic (exact) mass is 322 g/mol. The lowest BCUT2D eigenvalue weighted by atomic mass is 10.2. The smallest absolute Gasteiger partial charge is 0.276 e. The number of nitro groups is 2. The van der Waals surface area contributed by atoms with E-state index in [9.17, 15) is 25.3 Å². The highest BCUT2D eigenvalue weighted by Gasteiger charge is 2.13. The second-order valence-electron chi connectivity index (χ2n) is 4.31. The number of pyridine rings is 1. The minimum Gasteiger partial charge on any atom is -0.868 e. The molecule has 0 bridgehead atoms. The van der Waals surface area contributed by atoms with E-state index in [1.54, 1.807) is 19.5 Å². The molecule has 2 aromatic rings. The van der Waals surface area contributed by atoms with Gasteiger partial charge in [-0.1, -0.05) is 10.7 Å². The minimum atomic E-state index is -0.949. The molecule has 122 valence electrons. The van der Waals surface area contributed by atoms with Gasteiger partial charge in [-0.2, -0.15) is 0 Å². The van der Waals surface area contributed by atoms with Gasteiger partial charge in [0.2, 0.25) is 6.20 Å². The molecular formula is C13H14N4O6. The fourth-order valence-corrected chi connectivity index (χ4v) is 1.54. The Labute approximate surface area is 130 Å². The highest BCUT2D eigenvalue weighted by atomic mass is 16.6. The van der Waals surface area contributed by atoms with Crippen LogP contribution in [0.15, 0.2) is 36.7 Å². The molecule has 0 spiro atoms. The van der Waals surface area contributed by atoms with Crippen molar-refractivity contribution in [2.75, 3.05) is 13.0 Å². The molecule has 1 aromatic carbocycles. The van der Waals surface area contributed by atoms with Crippen LogP contribution in [0.4, 0.5) is 11.4 Å². The number of non-ortho nitro benzene ring substituents is 1. The highest BCUT2D eigenvalue weighted by Crippen LogP contribution is 2.27. The van der Waals surface area contributed by atoms with Gasteiger partial charge < -0.3 is 9.84 Å². The number of ether oxygens (including phenoxy) is 1. The molecule has 0 aliphatic rings. The first-order chi connectivity index (χ1) is 10.8.